The molecule has 58 valence electrons. The van der Waals surface area contributed by atoms with Gasteiger partial charge in [-0.15, -0.1) is 6.58 Å². The zero-order valence-corrected chi connectivity index (χ0v) is 6.67. The van der Waals surface area contributed by atoms with Crippen molar-refractivity contribution < 1.29 is 0 Å². The van der Waals surface area contributed by atoms with Crippen molar-refractivity contribution in [2.75, 3.05) is 5.73 Å². The van der Waals surface area contributed by atoms with Gasteiger partial charge in [-0.25, -0.2) is 0 Å². The van der Waals surface area contributed by atoms with Crippen LogP contribution in [0.1, 0.15) is 11.3 Å². The number of aryl methyl sites for hydroxylation is 1. The maximum Gasteiger partial charge on any atom is 0.0503 e. The molecule has 0 spiro atoms. The third-order valence-electron chi connectivity index (χ3n) is 1.58. The van der Waals surface area contributed by atoms with E-state index < -0.39 is 0 Å². The van der Waals surface area contributed by atoms with E-state index in [-0.39, 0.29) is 0 Å². The number of hydrogen-bond donors (Lipinski definition) is 1. The Labute approximate surface area is 66.8 Å². The van der Waals surface area contributed by atoms with E-state index in [1.54, 1.807) is 6.20 Å². The van der Waals surface area contributed by atoms with Crippen LogP contribution in [0.25, 0.3) is 0 Å². The number of nitrogens with zero attached hydrogens (tertiary/aromatic N) is 1. The van der Waals surface area contributed by atoms with Crippen LogP contribution in [0.3, 0.4) is 0 Å². The van der Waals surface area contributed by atoms with E-state index in [1.165, 1.54) is 0 Å². The first-order valence-electron chi connectivity index (χ1n) is 3.56. The maximum atomic E-state index is 5.56. The standard InChI is InChI=1S/C9H12N2/c1-3-4-8-5-9(10)6-11-7(8)2/h3,5-6H,1,4,10H2,2H3. The van der Waals surface area contributed by atoms with Crippen molar-refractivity contribution >= 4 is 5.69 Å². The third kappa shape index (κ3) is 1.80. The lowest BCUT2D eigenvalue weighted by Crippen LogP contribution is -1.94. The quantitative estimate of drug-likeness (QED) is 0.648. The Morgan fingerprint density at radius 1 is 1.73 bits per heavy atom. The molecular formula is C9H12N2. The molecule has 2 N–H and O–H groups in total. The van der Waals surface area contributed by atoms with Crippen LogP contribution in [0, 0.1) is 6.92 Å². The van der Waals surface area contributed by atoms with Gasteiger partial charge in [-0.3, -0.25) is 4.98 Å². The molecule has 0 saturated carbocycles. The summed E-state index contributed by atoms with van der Waals surface area (Å²) in [7, 11) is 0. The average molecular weight is 148 g/mol. The van der Waals surface area contributed by atoms with Crippen LogP contribution >= 0.6 is 0 Å². The van der Waals surface area contributed by atoms with Gasteiger partial charge in [0.2, 0.25) is 0 Å². The molecule has 2 heteroatoms. The summed E-state index contributed by atoms with van der Waals surface area (Å²) in [5, 5.41) is 0. The molecule has 0 atom stereocenters. The zero-order valence-electron chi connectivity index (χ0n) is 6.67. The smallest absolute Gasteiger partial charge is 0.0503 e. The molecule has 1 aromatic rings. The molecule has 0 aliphatic rings. The fraction of sp³-hybridized carbons (Fsp3) is 0.222. The zero-order chi connectivity index (χ0) is 8.27. The van der Waals surface area contributed by atoms with Crippen molar-refractivity contribution in [3.05, 3.63) is 36.2 Å². The Morgan fingerprint density at radius 3 is 3.09 bits per heavy atom. The minimum atomic E-state index is 0.715. The summed E-state index contributed by atoms with van der Waals surface area (Å²) in [6.07, 6.45) is 4.36. The van der Waals surface area contributed by atoms with Gasteiger partial charge in [-0.2, -0.15) is 0 Å². The summed E-state index contributed by atoms with van der Waals surface area (Å²) in [5.41, 5.74) is 8.46. The Morgan fingerprint density at radius 2 is 2.45 bits per heavy atom. The SMILES string of the molecule is C=CCc1cc(N)cnc1C. The van der Waals surface area contributed by atoms with E-state index in [1.807, 2.05) is 19.1 Å². The molecule has 0 radical (unpaired) electrons. The highest BCUT2D eigenvalue weighted by molar-refractivity contribution is 5.40. The van der Waals surface area contributed by atoms with Crippen LogP contribution in [0.15, 0.2) is 24.9 Å². The molecule has 0 aromatic carbocycles. The number of rotatable bonds is 2. The van der Waals surface area contributed by atoms with E-state index >= 15 is 0 Å². The minimum absolute atomic E-state index is 0.715. The van der Waals surface area contributed by atoms with Gasteiger partial charge in [0.15, 0.2) is 0 Å². The molecule has 0 fully saturated rings. The number of anilines is 1. The molecule has 1 rings (SSSR count). The molecule has 0 aliphatic heterocycles. The van der Waals surface area contributed by atoms with Crippen LogP contribution in [0.5, 0.6) is 0 Å². The summed E-state index contributed by atoms with van der Waals surface area (Å²) in [4.78, 5) is 4.12. The normalized spacial score (nSPS) is 9.55. The average Bonchev–Trinajstić information content (AvgIpc) is 1.98. The summed E-state index contributed by atoms with van der Waals surface area (Å²) in [6.45, 7) is 5.63. The molecule has 1 heterocycles. The van der Waals surface area contributed by atoms with Gasteiger partial charge in [-0.1, -0.05) is 6.08 Å². The number of aromatic nitrogens is 1. The summed E-state index contributed by atoms with van der Waals surface area (Å²) >= 11 is 0. The monoisotopic (exact) mass is 148 g/mol. The van der Waals surface area contributed by atoms with Gasteiger partial charge in [0.1, 0.15) is 0 Å². The first-order chi connectivity index (χ1) is 5.24. The van der Waals surface area contributed by atoms with Gasteiger partial charge in [-0.05, 0) is 25.0 Å². The van der Waals surface area contributed by atoms with Crippen LogP contribution < -0.4 is 5.73 Å². The van der Waals surface area contributed by atoms with Crippen molar-refractivity contribution in [2.24, 2.45) is 0 Å². The molecule has 1 aromatic heterocycles. The van der Waals surface area contributed by atoms with Crippen molar-refractivity contribution in [1.29, 1.82) is 0 Å². The highest BCUT2D eigenvalue weighted by Gasteiger charge is 1.96. The predicted octanol–water partition coefficient (Wildman–Crippen LogP) is 1.70. The highest BCUT2D eigenvalue weighted by Crippen LogP contribution is 2.09. The predicted molar refractivity (Wildman–Crippen MR) is 47.3 cm³/mol. The lowest BCUT2D eigenvalue weighted by molar-refractivity contribution is 1.11. The molecular weight excluding hydrogens is 136 g/mol. The third-order valence-corrected chi connectivity index (χ3v) is 1.58. The van der Waals surface area contributed by atoms with Crippen molar-refractivity contribution in [1.82, 2.24) is 4.98 Å². The number of pyridine rings is 1. The molecule has 0 saturated heterocycles. The van der Waals surface area contributed by atoms with Crippen molar-refractivity contribution in [3.63, 3.8) is 0 Å². The highest BCUT2D eigenvalue weighted by atomic mass is 14.7. The van der Waals surface area contributed by atoms with Crippen LogP contribution in [0.2, 0.25) is 0 Å². The lowest BCUT2D eigenvalue weighted by Gasteiger charge is -2.01. The number of nitrogen functional groups attached to an aromatic ring is 1. The minimum Gasteiger partial charge on any atom is -0.397 e. The number of allylic oxidation sites excluding steroid dienone is 1. The molecule has 0 unspecified atom stereocenters. The molecule has 2 nitrogen and oxygen atoms in total. The van der Waals surface area contributed by atoms with Gasteiger partial charge >= 0.3 is 0 Å². The lowest BCUT2D eigenvalue weighted by atomic mass is 10.1. The first kappa shape index (κ1) is 7.79. The van der Waals surface area contributed by atoms with Gasteiger partial charge in [0.05, 0.1) is 11.9 Å². The van der Waals surface area contributed by atoms with E-state index in [2.05, 4.69) is 11.6 Å². The van der Waals surface area contributed by atoms with Gasteiger partial charge in [0.25, 0.3) is 0 Å². The van der Waals surface area contributed by atoms with Crippen LogP contribution in [0.4, 0.5) is 5.69 Å². The second-order valence-electron chi connectivity index (χ2n) is 2.51. The number of hydrogen-bond acceptors (Lipinski definition) is 2. The van der Waals surface area contributed by atoms with Crippen molar-refractivity contribution in [2.45, 2.75) is 13.3 Å². The fourth-order valence-corrected chi connectivity index (χ4v) is 0.959. The van der Waals surface area contributed by atoms with E-state index in [0.29, 0.717) is 5.69 Å². The van der Waals surface area contributed by atoms with E-state index in [0.717, 1.165) is 17.7 Å². The Bertz CT molecular complexity index is 266. The van der Waals surface area contributed by atoms with Crippen LogP contribution in [-0.2, 0) is 6.42 Å². The summed E-state index contributed by atoms with van der Waals surface area (Å²) in [5.74, 6) is 0. The molecule has 0 bridgehead atoms. The topological polar surface area (TPSA) is 38.9 Å². The van der Waals surface area contributed by atoms with E-state index in [9.17, 15) is 0 Å². The fourth-order valence-electron chi connectivity index (χ4n) is 0.959. The number of nitrogens with two attached hydrogens (primary N) is 1. The second kappa shape index (κ2) is 3.19. The molecule has 0 aliphatic carbocycles. The Balaban J connectivity index is 3.01. The Kier molecular flexibility index (Phi) is 2.26. The second-order valence-corrected chi connectivity index (χ2v) is 2.51. The molecule has 0 amide bonds. The summed E-state index contributed by atoms with van der Waals surface area (Å²) < 4.78 is 0. The summed E-state index contributed by atoms with van der Waals surface area (Å²) in [6, 6.07) is 1.93. The van der Waals surface area contributed by atoms with Gasteiger partial charge < -0.3 is 5.73 Å². The van der Waals surface area contributed by atoms with Crippen LogP contribution in [-0.4, -0.2) is 4.98 Å². The van der Waals surface area contributed by atoms with Crippen molar-refractivity contribution in [3.8, 4) is 0 Å². The largest absolute Gasteiger partial charge is 0.397 e. The first-order valence-corrected chi connectivity index (χ1v) is 3.56. The Hall–Kier alpha value is -1.31. The van der Waals surface area contributed by atoms with E-state index in [4.69, 9.17) is 5.73 Å². The maximum absolute atomic E-state index is 5.56. The molecule has 11 heavy (non-hydrogen) atoms. The van der Waals surface area contributed by atoms with Gasteiger partial charge in [0, 0.05) is 5.69 Å².